The summed E-state index contributed by atoms with van der Waals surface area (Å²) in [5, 5.41) is 2.68. The summed E-state index contributed by atoms with van der Waals surface area (Å²) in [6, 6.07) is 8.11. The van der Waals surface area contributed by atoms with Crippen LogP contribution in [0.2, 0.25) is 0 Å². The van der Waals surface area contributed by atoms with E-state index in [0.29, 0.717) is 5.70 Å². The third-order valence-electron chi connectivity index (χ3n) is 2.43. The highest BCUT2D eigenvalue weighted by Gasteiger charge is 2.13. The summed E-state index contributed by atoms with van der Waals surface area (Å²) in [7, 11) is 0. The summed E-state index contributed by atoms with van der Waals surface area (Å²) in [4.78, 5) is 10.9. The van der Waals surface area contributed by atoms with Crippen molar-refractivity contribution < 1.29 is 4.79 Å². The summed E-state index contributed by atoms with van der Waals surface area (Å²) in [6.07, 6.45) is 0. The molecule has 0 saturated carbocycles. The lowest BCUT2D eigenvalue weighted by Crippen LogP contribution is -2.17. The third-order valence-corrected chi connectivity index (χ3v) is 2.43. The molecule has 86 valence electrons. The largest absolute Gasteiger partial charge is 0.326 e. The molecule has 2 heteroatoms. The fourth-order valence-electron chi connectivity index (χ4n) is 1.46. The van der Waals surface area contributed by atoms with Crippen molar-refractivity contribution >= 4 is 11.6 Å². The molecule has 0 atom stereocenters. The van der Waals surface area contributed by atoms with Crippen LogP contribution in [-0.2, 0) is 10.2 Å². The number of nitrogens with one attached hydrogen (secondary N) is 1. The average molecular weight is 217 g/mol. The maximum absolute atomic E-state index is 10.9. The van der Waals surface area contributed by atoms with Gasteiger partial charge in [0.2, 0.25) is 5.91 Å². The first kappa shape index (κ1) is 12.5. The fraction of sp³-hybridized carbons (Fsp3) is 0.357. The van der Waals surface area contributed by atoms with E-state index < -0.39 is 0 Å². The maximum atomic E-state index is 10.9. The van der Waals surface area contributed by atoms with E-state index in [2.05, 4.69) is 44.8 Å². The van der Waals surface area contributed by atoms with Gasteiger partial charge in [0.25, 0.3) is 0 Å². The van der Waals surface area contributed by atoms with Crippen LogP contribution in [-0.4, -0.2) is 5.91 Å². The van der Waals surface area contributed by atoms with Gasteiger partial charge in [-0.05, 0) is 16.5 Å². The zero-order valence-electron chi connectivity index (χ0n) is 10.4. The number of hydrogen-bond donors (Lipinski definition) is 1. The number of carbonyl (C=O) groups excluding carboxylic acids is 1. The molecule has 0 unspecified atom stereocenters. The molecule has 1 amide bonds. The number of benzene rings is 1. The Hall–Kier alpha value is -1.57. The third kappa shape index (κ3) is 3.23. The van der Waals surface area contributed by atoms with E-state index in [1.165, 1.54) is 12.5 Å². The zero-order valence-corrected chi connectivity index (χ0v) is 10.4. The first-order valence-corrected chi connectivity index (χ1v) is 5.38. The molecule has 0 bridgehead atoms. The van der Waals surface area contributed by atoms with Crippen LogP contribution in [0.15, 0.2) is 30.8 Å². The Balaban J connectivity index is 2.87. The Morgan fingerprint density at radius 2 is 1.69 bits per heavy atom. The summed E-state index contributed by atoms with van der Waals surface area (Å²) < 4.78 is 0. The Kier molecular flexibility index (Phi) is 3.53. The summed E-state index contributed by atoms with van der Waals surface area (Å²) in [5.41, 5.74) is 3.01. The molecule has 0 aromatic heterocycles. The molecular weight excluding hydrogens is 198 g/mol. The first-order chi connectivity index (χ1) is 7.30. The van der Waals surface area contributed by atoms with Crippen LogP contribution in [0.4, 0.5) is 0 Å². The predicted octanol–water partition coefficient (Wildman–Crippen LogP) is 3.09. The van der Waals surface area contributed by atoms with E-state index in [9.17, 15) is 4.79 Å². The molecule has 0 aliphatic rings. The smallest absolute Gasteiger partial charge is 0.221 e. The molecule has 0 fully saturated rings. The molecule has 0 heterocycles. The van der Waals surface area contributed by atoms with Gasteiger partial charge >= 0.3 is 0 Å². The Morgan fingerprint density at radius 1 is 1.19 bits per heavy atom. The van der Waals surface area contributed by atoms with Crippen molar-refractivity contribution in [3.8, 4) is 0 Å². The maximum Gasteiger partial charge on any atom is 0.221 e. The standard InChI is InChI=1S/C14H19NO/c1-10(15-11(2)16)12-6-8-13(9-7-12)14(3,4)5/h6-9H,1H2,2-5H3,(H,15,16). The molecule has 0 aliphatic carbocycles. The van der Waals surface area contributed by atoms with Crippen LogP contribution >= 0.6 is 0 Å². The highest BCUT2D eigenvalue weighted by molar-refractivity contribution is 5.84. The Morgan fingerprint density at radius 3 is 2.06 bits per heavy atom. The van der Waals surface area contributed by atoms with Gasteiger partial charge < -0.3 is 5.32 Å². The van der Waals surface area contributed by atoms with Crippen molar-refractivity contribution in [1.29, 1.82) is 0 Å². The SMILES string of the molecule is C=C(NC(C)=O)c1ccc(C(C)(C)C)cc1. The monoisotopic (exact) mass is 217 g/mol. The van der Waals surface area contributed by atoms with Gasteiger partial charge in [-0.15, -0.1) is 0 Å². The first-order valence-electron chi connectivity index (χ1n) is 5.38. The van der Waals surface area contributed by atoms with E-state index in [-0.39, 0.29) is 11.3 Å². The van der Waals surface area contributed by atoms with Crippen molar-refractivity contribution in [3.05, 3.63) is 42.0 Å². The van der Waals surface area contributed by atoms with Crippen molar-refractivity contribution in [3.63, 3.8) is 0 Å². The molecule has 1 aromatic carbocycles. The predicted molar refractivity (Wildman–Crippen MR) is 68.0 cm³/mol. The molecule has 1 rings (SSSR count). The highest BCUT2D eigenvalue weighted by atomic mass is 16.1. The van der Waals surface area contributed by atoms with Gasteiger partial charge in [0, 0.05) is 12.6 Å². The van der Waals surface area contributed by atoms with Crippen LogP contribution in [0.1, 0.15) is 38.8 Å². The van der Waals surface area contributed by atoms with Gasteiger partial charge in [-0.1, -0.05) is 51.6 Å². The summed E-state index contributed by atoms with van der Waals surface area (Å²) in [5.74, 6) is -0.0927. The van der Waals surface area contributed by atoms with Gasteiger partial charge in [0.05, 0.1) is 0 Å². The van der Waals surface area contributed by atoms with Crippen LogP contribution in [0.5, 0.6) is 0 Å². The molecule has 16 heavy (non-hydrogen) atoms. The van der Waals surface area contributed by atoms with E-state index in [1.54, 1.807) is 0 Å². The van der Waals surface area contributed by atoms with E-state index in [1.807, 2.05) is 12.1 Å². The quantitative estimate of drug-likeness (QED) is 0.810. The van der Waals surface area contributed by atoms with Gasteiger partial charge in [-0.25, -0.2) is 0 Å². The lowest BCUT2D eigenvalue weighted by Gasteiger charge is -2.19. The van der Waals surface area contributed by atoms with Crippen LogP contribution in [0, 0.1) is 0 Å². The molecule has 0 saturated heterocycles. The van der Waals surface area contributed by atoms with Crippen molar-refractivity contribution in [1.82, 2.24) is 5.32 Å². The molecule has 0 aliphatic heterocycles. The highest BCUT2D eigenvalue weighted by Crippen LogP contribution is 2.23. The van der Waals surface area contributed by atoms with E-state index >= 15 is 0 Å². The van der Waals surface area contributed by atoms with Gasteiger partial charge in [-0.2, -0.15) is 0 Å². The second-order valence-electron chi connectivity index (χ2n) is 4.99. The molecule has 1 N–H and O–H groups in total. The zero-order chi connectivity index (χ0) is 12.3. The summed E-state index contributed by atoms with van der Waals surface area (Å²) >= 11 is 0. The van der Waals surface area contributed by atoms with Crippen molar-refractivity contribution in [2.24, 2.45) is 0 Å². The molecule has 0 spiro atoms. The van der Waals surface area contributed by atoms with Gasteiger partial charge in [-0.3, -0.25) is 4.79 Å². The normalized spacial score (nSPS) is 11.0. The minimum atomic E-state index is -0.0927. The second-order valence-corrected chi connectivity index (χ2v) is 4.99. The summed E-state index contributed by atoms with van der Waals surface area (Å²) in [6.45, 7) is 11.8. The van der Waals surface area contributed by atoms with Crippen molar-refractivity contribution in [2.75, 3.05) is 0 Å². The molecule has 0 radical (unpaired) electrons. The molecular formula is C14H19NO. The number of rotatable bonds is 2. The van der Waals surface area contributed by atoms with E-state index in [0.717, 1.165) is 5.56 Å². The van der Waals surface area contributed by atoms with Crippen LogP contribution in [0.25, 0.3) is 5.70 Å². The van der Waals surface area contributed by atoms with Gasteiger partial charge in [0.15, 0.2) is 0 Å². The lowest BCUT2D eigenvalue weighted by atomic mass is 9.86. The second kappa shape index (κ2) is 4.52. The Bertz CT molecular complexity index is 396. The van der Waals surface area contributed by atoms with Crippen molar-refractivity contribution in [2.45, 2.75) is 33.1 Å². The van der Waals surface area contributed by atoms with E-state index in [4.69, 9.17) is 0 Å². The molecule has 2 nitrogen and oxygen atoms in total. The Labute approximate surface area is 97.4 Å². The molecule has 1 aromatic rings. The number of amides is 1. The topological polar surface area (TPSA) is 29.1 Å². The van der Waals surface area contributed by atoms with Gasteiger partial charge in [0.1, 0.15) is 0 Å². The fourth-order valence-corrected chi connectivity index (χ4v) is 1.46. The van der Waals surface area contributed by atoms with Crippen LogP contribution in [0.3, 0.4) is 0 Å². The lowest BCUT2D eigenvalue weighted by molar-refractivity contribution is -0.117. The average Bonchev–Trinajstić information content (AvgIpc) is 2.15. The minimum Gasteiger partial charge on any atom is -0.326 e. The van der Waals surface area contributed by atoms with Crippen LogP contribution < -0.4 is 5.32 Å². The number of hydrogen-bond acceptors (Lipinski definition) is 1. The minimum absolute atomic E-state index is 0.0927. The number of carbonyl (C=O) groups is 1.